The maximum atomic E-state index is 10.5. The molecular weight excluding hydrogens is 316 g/mol. The summed E-state index contributed by atoms with van der Waals surface area (Å²) in [6.45, 7) is 3.79. The van der Waals surface area contributed by atoms with Gasteiger partial charge in [0.1, 0.15) is 0 Å². The number of carboxylic acid groups (broad SMARTS) is 1. The maximum Gasteiger partial charge on any atom is 0.303 e. The van der Waals surface area contributed by atoms with Crippen molar-refractivity contribution in [2.24, 2.45) is 17.8 Å². The van der Waals surface area contributed by atoms with Crippen LogP contribution in [-0.4, -0.2) is 33.5 Å². The lowest BCUT2D eigenvalue weighted by molar-refractivity contribution is -0.137. The third kappa shape index (κ3) is 8.38. The second-order valence-electron chi connectivity index (χ2n) is 6.95. The molecule has 1 saturated carbocycles. The minimum absolute atomic E-state index is 0.0996. The van der Waals surface area contributed by atoms with Crippen LogP contribution in [-0.2, 0) is 4.79 Å². The van der Waals surface area contributed by atoms with Crippen LogP contribution in [0, 0.1) is 29.6 Å². The molecule has 4 heteroatoms. The number of carboxylic acids is 1. The van der Waals surface area contributed by atoms with Crippen LogP contribution >= 0.6 is 0 Å². The van der Waals surface area contributed by atoms with Crippen LogP contribution < -0.4 is 0 Å². The molecule has 1 aliphatic rings. The summed E-state index contributed by atoms with van der Waals surface area (Å²) in [5.74, 6) is 5.63. The Morgan fingerprint density at radius 3 is 2.76 bits per heavy atom. The van der Waals surface area contributed by atoms with Crippen molar-refractivity contribution in [1.82, 2.24) is 0 Å². The fraction of sp³-hybridized carbons (Fsp3) is 0.667. The summed E-state index contributed by atoms with van der Waals surface area (Å²) in [7, 11) is 0. The molecule has 0 aliphatic heterocycles. The maximum absolute atomic E-state index is 10.5. The first-order chi connectivity index (χ1) is 12.0. The number of allylic oxidation sites excluding steroid dienone is 3. The molecule has 0 bridgehead atoms. The van der Waals surface area contributed by atoms with E-state index in [1.807, 2.05) is 19.1 Å². The molecule has 1 unspecified atom stereocenters. The number of aliphatic hydroxyl groups is 2. The monoisotopic (exact) mass is 348 g/mol. The largest absolute Gasteiger partial charge is 0.481 e. The number of unbranched alkanes of at least 4 members (excludes halogenated alkanes) is 1. The lowest BCUT2D eigenvalue weighted by Crippen LogP contribution is -2.19. The van der Waals surface area contributed by atoms with Gasteiger partial charge < -0.3 is 15.3 Å². The summed E-state index contributed by atoms with van der Waals surface area (Å²) in [6.07, 6.45) is 11.9. The first-order valence-corrected chi connectivity index (χ1v) is 9.26. The van der Waals surface area contributed by atoms with Gasteiger partial charge in [-0.15, -0.1) is 11.8 Å². The minimum Gasteiger partial charge on any atom is -0.481 e. The molecular formula is C21H32O4. The van der Waals surface area contributed by atoms with Gasteiger partial charge >= 0.3 is 5.97 Å². The number of hydrogen-bond donors (Lipinski definition) is 3. The molecule has 140 valence electrons. The van der Waals surface area contributed by atoms with Crippen molar-refractivity contribution >= 4 is 5.97 Å². The number of carbonyl (C=O) groups is 1. The lowest BCUT2D eigenvalue weighted by Gasteiger charge is -2.19. The van der Waals surface area contributed by atoms with E-state index in [9.17, 15) is 15.0 Å². The first kappa shape index (κ1) is 21.5. The number of aliphatic hydroxyl groups excluding tert-OH is 2. The van der Waals surface area contributed by atoms with E-state index in [1.165, 1.54) is 0 Å². The van der Waals surface area contributed by atoms with Crippen LogP contribution in [0.5, 0.6) is 0 Å². The second kappa shape index (κ2) is 11.9. The molecule has 0 radical (unpaired) electrons. The zero-order valence-electron chi connectivity index (χ0n) is 15.4. The van der Waals surface area contributed by atoms with Crippen molar-refractivity contribution in [3.8, 4) is 11.8 Å². The standard InChI is InChI=1S/C21H32O4/c1-3-4-9-16(2)19(22)14-12-17-13-15-20(23)18(17)10-7-5-6-8-11-21(24)25/h5,7,12,14,16-20,22-23H,6,8-11,13,15H2,1-2H3,(H,24,25)/b7-5-,14-12+/t16?,17-,18+,19+,20-/m0/s1. The fourth-order valence-corrected chi connectivity index (χ4v) is 3.22. The van der Waals surface area contributed by atoms with Crippen LogP contribution in [0.1, 0.15) is 58.8 Å². The SMILES string of the molecule is CC#CCC(C)[C@H](O)/C=C/[C@H]1CC[C@H](O)[C@@H]1C/C=C\CCCC(=O)O. The highest BCUT2D eigenvalue weighted by Gasteiger charge is 2.32. The molecule has 0 aromatic rings. The van der Waals surface area contributed by atoms with Gasteiger partial charge in [-0.2, -0.15) is 0 Å². The van der Waals surface area contributed by atoms with E-state index < -0.39 is 12.1 Å². The van der Waals surface area contributed by atoms with Crippen LogP contribution in [0.25, 0.3) is 0 Å². The normalized spacial score (nSPS) is 25.8. The van der Waals surface area contributed by atoms with Crippen molar-refractivity contribution < 1.29 is 20.1 Å². The summed E-state index contributed by atoms with van der Waals surface area (Å²) in [4.78, 5) is 10.5. The third-order valence-electron chi connectivity index (χ3n) is 4.92. The van der Waals surface area contributed by atoms with E-state index in [0.717, 1.165) is 25.7 Å². The van der Waals surface area contributed by atoms with Gasteiger partial charge in [-0.25, -0.2) is 0 Å². The predicted molar refractivity (Wildman–Crippen MR) is 99.8 cm³/mol. The van der Waals surface area contributed by atoms with Crippen molar-refractivity contribution in [1.29, 1.82) is 0 Å². The van der Waals surface area contributed by atoms with Crippen LogP contribution in [0.3, 0.4) is 0 Å². The van der Waals surface area contributed by atoms with Crippen LogP contribution in [0.2, 0.25) is 0 Å². The van der Waals surface area contributed by atoms with E-state index in [-0.39, 0.29) is 30.3 Å². The average molecular weight is 348 g/mol. The quantitative estimate of drug-likeness (QED) is 0.320. The molecule has 4 nitrogen and oxygen atoms in total. The van der Waals surface area contributed by atoms with Gasteiger partial charge in [-0.1, -0.05) is 31.2 Å². The van der Waals surface area contributed by atoms with Gasteiger partial charge in [0.25, 0.3) is 0 Å². The van der Waals surface area contributed by atoms with E-state index in [1.54, 1.807) is 6.92 Å². The molecule has 0 heterocycles. The first-order valence-electron chi connectivity index (χ1n) is 9.26. The average Bonchev–Trinajstić information content (AvgIpc) is 2.93. The molecule has 1 rings (SSSR count). The summed E-state index contributed by atoms with van der Waals surface area (Å²) < 4.78 is 0. The zero-order chi connectivity index (χ0) is 18.7. The Hall–Kier alpha value is -1.57. The van der Waals surface area contributed by atoms with Crippen molar-refractivity contribution in [3.05, 3.63) is 24.3 Å². The molecule has 3 N–H and O–H groups in total. The summed E-state index contributed by atoms with van der Waals surface area (Å²) in [6, 6.07) is 0. The van der Waals surface area contributed by atoms with Gasteiger partial charge in [-0.05, 0) is 56.8 Å². The van der Waals surface area contributed by atoms with Crippen molar-refractivity contribution in [2.75, 3.05) is 0 Å². The molecule has 1 aliphatic carbocycles. The molecule has 0 aromatic carbocycles. The summed E-state index contributed by atoms with van der Waals surface area (Å²) in [5, 5.41) is 29.0. The third-order valence-corrected chi connectivity index (χ3v) is 4.92. The Kier molecular flexibility index (Phi) is 10.2. The number of aliphatic carboxylic acids is 1. The lowest BCUT2D eigenvalue weighted by atomic mass is 9.89. The predicted octanol–water partition coefficient (Wildman–Crippen LogP) is 3.54. The van der Waals surface area contributed by atoms with Gasteiger partial charge in [-0.3, -0.25) is 4.79 Å². The Balaban J connectivity index is 2.46. The molecule has 25 heavy (non-hydrogen) atoms. The summed E-state index contributed by atoms with van der Waals surface area (Å²) >= 11 is 0. The summed E-state index contributed by atoms with van der Waals surface area (Å²) in [5.41, 5.74) is 0. The molecule has 0 spiro atoms. The molecule has 0 aromatic heterocycles. The number of hydrogen-bond acceptors (Lipinski definition) is 3. The van der Waals surface area contributed by atoms with E-state index in [2.05, 4.69) is 24.0 Å². The van der Waals surface area contributed by atoms with Crippen LogP contribution in [0.15, 0.2) is 24.3 Å². The highest BCUT2D eigenvalue weighted by atomic mass is 16.4. The van der Waals surface area contributed by atoms with Crippen LogP contribution in [0.4, 0.5) is 0 Å². The second-order valence-corrected chi connectivity index (χ2v) is 6.95. The van der Waals surface area contributed by atoms with Crippen molar-refractivity contribution in [3.63, 3.8) is 0 Å². The van der Waals surface area contributed by atoms with Gasteiger partial charge in [0.15, 0.2) is 0 Å². The zero-order valence-corrected chi connectivity index (χ0v) is 15.4. The Labute approximate surface area is 151 Å². The van der Waals surface area contributed by atoms with Gasteiger partial charge in [0.2, 0.25) is 0 Å². The highest BCUT2D eigenvalue weighted by molar-refractivity contribution is 5.66. The van der Waals surface area contributed by atoms with E-state index >= 15 is 0 Å². The smallest absolute Gasteiger partial charge is 0.303 e. The number of rotatable bonds is 10. The fourth-order valence-electron chi connectivity index (χ4n) is 3.22. The molecule has 0 amide bonds. The van der Waals surface area contributed by atoms with Gasteiger partial charge in [0.05, 0.1) is 12.2 Å². The van der Waals surface area contributed by atoms with E-state index in [4.69, 9.17) is 5.11 Å². The van der Waals surface area contributed by atoms with Crippen molar-refractivity contribution in [2.45, 2.75) is 71.0 Å². The van der Waals surface area contributed by atoms with Gasteiger partial charge in [0, 0.05) is 12.8 Å². The molecule has 5 atom stereocenters. The Bertz CT molecular complexity index is 512. The Morgan fingerprint density at radius 2 is 2.08 bits per heavy atom. The highest BCUT2D eigenvalue weighted by Crippen LogP contribution is 2.36. The molecule has 1 fully saturated rings. The molecule has 0 saturated heterocycles. The Morgan fingerprint density at radius 1 is 1.32 bits per heavy atom. The van der Waals surface area contributed by atoms with E-state index in [0.29, 0.717) is 12.8 Å². The minimum atomic E-state index is -0.762. The topological polar surface area (TPSA) is 77.8 Å².